The summed E-state index contributed by atoms with van der Waals surface area (Å²) in [5, 5.41) is 2.92. The third-order valence-electron chi connectivity index (χ3n) is 3.42. The van der Waals surface area contributed by atoms with E-state index in [1.165, 1.54) is 12.1 Å². The van der Waals surface area contributed by atoms with Gasteiger partial charge >= 0.3 is 0 Å². The Morgan fingerprint density at radius 2 is 2.00 bits per heavy atom. The Morgan fingerprint density at radius 1 is 1.30 bits per heavy atom. The van der Waals surface area contributed by atoms with Crippen molar-refractivity contribution < 1.29 is 13.6 Å². The maximum absolute atomic E-state index is 13.7. The van der Waals surface area contributed by atoms with Crippen LogP contribution < -0.4 is 5.32 Å². The number of nitrogens with zero attached hydrogens (tertiary/aromatic N) is 1. The molecule has 1 N–H and O–H groups in total. The van der Waals surface area contributed by atoms with Crippen molar-refractivity contribution in [3.05, 3.63) is 33.8 Å². The molecule has 1 fully saturated rings. The predicted octanol–water partition coefficient (Wildman–Crippen LogP) is 2.83. The van der Waals surface area contributed by atoms with E-state index in [9.17, 15) is 13.6 Å². The average molecular weight is 347 g/mol. The Bertz CT molecular complexity index is 490. The van der Waals surface area contributed by atoms with Gasteiger partial charge in [-0.05, 0) is 40.9 Å². The molecule has 0 bridgehead atoms. The molecule has 0 spiro atoms. The van der Waals surface area contributed by atoms with Gasteiger partial charge in [-0.25, -0.2) is 8.78 Å². The molecule has 1 aliphatic heterocycles. The Morgan fingerprint density at radius 3 is 2.70 bits per heavy atom. The van der Waals surface area contributed by atoms with Gasteiger partial charge in [0.1, 0.15) is 11.6 Å². The fraction of sp³-hybridized carbons (Fsp3) is 0.500. The second-order valence-corrected chi connectivity index (χ2v) is 5.69. The van der Waals surface area contributed by atoms with Crippen LogP contribution in [0.15, 0.2) is 16.6 Å². The molecule has 1 aromatic rings. The van der Waals surface area contributed by atoms with Crippen molar-refractivity contribution in [1.29, 1.82) is 0 Å². The monoisotopic (exact) mass is 346 g/mol. The quantitative estimate of drug-likeness (QED) is 0.656. The zero-order chi connectivity index (χ0) is 14.5. The molecular formula is C14H17BrF2N2O. The van der Waals surface area contributed by atoms with Crippen molar-refractivity contribution >= 4 is 21.8 Å². The van der Waals surface area contributed by atoms with Crippen LogP contribution in [0.3, 0.4) is 0 Å². The third kappa shape index (κ3) is 3.76. The molecule has 20 heavy (non-hydrogen) atoms. The van der Waals surface area contributed by atoms with Gasteiger partial charge in [0.05, 0.1) is 4.47 Å². The lowest BCUT2D eigenvalue weighted by atomic mass is 10.2. The van der Waals surface area contributed by atoms with Crippen LogP contribution >= 0.6 is 15.9 Å². The number of amides is 1. The number of rotatable bonds is 5. The first kappa shape index (κ1) is 15.4. The van der Waals surface area contributed by atoms with Crippen LogP contribution in [0, 0.1) is 11.6 Å². The van der Waals surface area contributed by atoms with Crippen LogP contribution in [0.25, 0.3) is 0 Å². The Hall–Kier alpha value is -1.01. The Balaban J connectivity index is 1.78. The molecule has 0 atom stereocenters. The number of benzene rings is 1. The lowest BCUT2D eigenvalue weighted by molar-refractivity contribution is -0.130. The summed E-state index contributed by atoms with van der Waals surface area (Å²) in [5.74, 6) is -1.07. The first-order valence-corrected chi connectivity index (χ1v) is 7.50. The summed E-state index contributed by atoms with van der Waals surface area (Å²) >= 11 is 3.03. The Kier molecular flexibility index (Phi) is 5.48. The van der Waals surface area contributed by atoms with Gasteiger partial charge in [0.2, 0.25) is 5.91 Å². The minimum absolute atomic E-state index is 0.00648. The zero-order valence-electron chi connectivity index (χ0n) is 11.1. The molecule has 0 saturated carbocycles. The summed E-state index contributed by atoms with van der Waals surface area (Å²) in [7, 11) is 0. The van der Waals surface area contributed by atoms with E-state index in [1.807, 2.05) is 4.90 Å². The average Bonchev–Trinajstić information content (AvgIpc) is 2.96. The molecule has 1 aromatic carbocycles. The van der Waals surface area contributed by atoms with Crippen molar-refractivity contribution in [2.45, 2.75) is 25.8 Å². The highest BCUT2D eigenvalue weighted by Gasteiger charge is 2.17. The number of hydrogen-bond acceptors (Lipinski definition) is 2. The van der Waals surface area contributed by atoms with E-state index in [0.29, 0.717) is 13.0 Å². The summed E-state index contributed by atoms with van der Waals surface area (Å²) in [6.07, 6.45) is 2.48. The van der Waals surface area contributed by atoms with Gasteiger partial charge in [0, 0.05) is 38.2 Å². The van der Waals surface area contributed by atoms with Crippen LogP contribution in [-0.2, 0) is 11.3 Å². The number of carbonyl (C=O) groups excluding carboxylic acids is 1. The largest absolute Gasteiger partial charge is 0.343 e. The maximum Gasteiger partial charge on any atom is 0.223 e. The normalized spacial score (nSPS) is 14.8. The zero-order valence-corrected chi connectivity index (χ0v) is 12.7. The SMILES string of the molecule is O=C(CCNCc1c(F)ccc(Br)c1F)N1CCCC1. The van der Waals surface area contributed by atoms with E-state index in [-0.39, 0.29) is 22.5 Å². The number of carbonyl (C=O) groups is 1. The fourth-order valence-electron chi connectivity index (χ4n) is 2.26. The summed E-state index contributed by atoms with van der Waals surface area (Å²) in [6.45, 7) is 2.15. The van der Waals surface area contributed by atoms with Gasteiger partial charge in [-0.15, -0.1) is 0 Å². The van der Waals surface area contributed by atoms with Crippen molar-refractivity contribution in [3.8, 4) is 0 Å². The number of hydrogen-bond donors (Lipinski definition) is 1. The Labute approximate surface area is 125 Å². The van der Waals surface area contributed by atoms with Gasteiger partial charge in [-0.1, -0.05) is 0 Å². The molecule has 3 nitrogen and oxygen atoms in total. The fourth-order valence-corrected chi connectivity index (χ4v) is 2.64. The molecule has 110 valence electrons. The van der Waals surface area contributed by atoms with E-state index < -0.39 is 11.6 Å². The highest BCUT2D eigenvalue weighted by atomic mass is 79.9. The number of halogens is 3. The van der Waals surface area contributed by atoms with Crippen LogP contribution in [0.2, 0.25) is 0 Å². The minimum atomic E-state index is -0.594. The van der Waals surface area contributed by atoms with Crippen molar-refractivity contribution in [3.63, 3.8) is 0 Å². The van der Waals surface area contributed by atoms with E-state index >= 15 is 0 Å². The van der Waals surface area contributed by atoms with Gasteiger partial charge < -0.3 is 10.2 Å². The van der Waals surface area contributed by atoms with E-state index in [1.54, 1.807) is 0 Å². The molecule has 0 unspecified atom stereocenters. The molecule has 2 rings (SSSR count). The smallest absolute Gasteiger partial charge is 0.223 e. The van der Waals surface area contributed by atoms with E-state index in [2.05, 4.69) is 21.2 Å². The lowest BCUT2D eigenvalue weighted by Crippen LogP contribution is -2.30. The van der Waals surface area contributed by atoms with Crippen molar-refractivity contribution in [2.24, 2.45) is 0 Å². The first-order valence-electron chi connectivity index (χ1n) is 6.70. The van der Waals surface area contributed by atoms with Crippen LogP contribution in [0.1, 0.15) is 24.8 Å². The lowest BCUT2D eigenvalue weighted by Gasteiger charge is -2.15. The third-order valence-corrected chi connectivity index (χ3v) is 4.03. The van der Waals surface area contributed by atoms with Gasteiger partial charge in [-0.2, -0.15) is 0 Å². The van der Waals surface area contributed by atoms with E-state index in [0.717, 1.165) is 25.9 Å². The first-order chi connectivity index (χ1) is 9.59. The summed E-state index contributed by atoms with van der Waals surface area (Å²) in [6, 6.07) is 2.56. The van der Waals surface area contributed by atoms with Crippen molar-refractivity contribution in [1.82, 2.24) is 10.2 Å². The topological polar surface area (TPSA) is 32.3 Å². The van der Waals surface area contributed by atoms with Gasteiger partial charge in [0.15, 0.2) is 0 Å². The van der Waals surface area contributed by atoms with Gasteiger partial charge in [-0.3, -0.25) is 4.79 Å². The van der Waals surface area contributed by atoms with Crippen LogP contribution in [0.4, 0.5) is 8.78 Å². The van der Waals surface area contributed by atoms with E-state index in [4.69, 9.17) is 0 Å². The molecule has 1 saturated heterocycles. The highest BCUT2D eigenvalue weighted by molar-refractivity contribution is 9.10. The highest BCUT2D eigenvalue weighted by Crippen LogP contribution is 2.21. The molecular weight excluding hydrogens is 330 g/mol. The molecule has 1 amide bonds. The van der Waals surface area contributed by atoms with Crippen molar-refractivity contribution in [2.75, 3.05) is 19.6 Å². The molecule has 0 radical (unpaired) electrons. The van der Waals surface area contributed by atoms with Gasteiger partial charge in [0.25, 0.3) is 0 Å². The second-order valence-electron chi connectivity index (χ2n) is 4.84. The molecule has 0 aromatic heterocycles. The van der Waals surface area contributed by atoms with Crippen LogP contribution in [0.5, 0.6) is 0 Å². The molecule has 0 aliphatic carbocycles. The predicted molar refractivity (Wildman–Crippen MR) is 76.2 cm³/mol. The summed E-state index contributed by atoms with van der Waals surface area (Å²) in [5.41, 5.74) is -0.00648. The van der Waals surface area contributed by atoms with Crippen LogP contribution in [-0.4, -0.2) is 30.4 Å². The standard InChI is InChI=1S/C14H17BrF2N2O/c15-11-3-4-12(16)10(14(11)17)9-18-6-5-13(20)19-7-1-2-8-19/h3-4,18H,1-2,5-9H2. The minimum Gasteiger partial charge on any atom is -0.343 e. The second kappa shape index (κ2) is 7.13. The molecule has 1 aliphatic rings. The molecule has 1 heterocycles. The number of likely N-dealkylation sites (tertiary alicyclic amines) is 1. The summed E-state index contributed by atoms with van der Waals surface area (Å²) < 4.78 is 27.4. The molecule has 6 heteroatoms. The summed E-state index contributed by atoms with van der Waals surface area (Å²) in [4.78, 5) is 13.6. The number of nitrogens with one attached hydrogen (secondary N) is 1. The maximum atomic E-state index is 13.7.